The molecule has 1 N–H and O–H groups in total. The molecule has 1 saturated heterocycles. The van der Waals surface area contributed by atoms with E-state index in [4.69, 9.17) is 4.18 Å². The first kappa shape index (κ1) is 6.12. The molecule has 1 heterocycles. The second-order valence-electron chi connectivity index (χ2n) is 1.44. The minimum Gasteiger partial charge on any atom is -0.311 e. The van der Waals surface area contributed by atoms with E-state index >= 15 is 0 Å². The van der Waals surface area contributed by atoms with Gasteiger partial charge < -0.3 is 5.32 Å². The zero-order valence-electron chi connectivity index (χ0n) is 3.69. The van der Waals surface area contributed by atoms with Gasteiger partial charge in [-0.2, -0.15) is 0 Å². The maximum absolute atomic E-state index is 5.12. The highest BCUT2D eigenvalue weighted by Gasteiger charge is 2.16. The summed E-state index contributed by atoms with van der Waals surface area (Å²) in [6.45, 7) is 2.05. The van der Waals surface area contributed by atoms with Gasteiger partial charge in [0, 0.05) is 34.3 Å². The molecule has 0 bridgehead atoms. The molecule has 0 aromatic carbocycles. The molecule has 0 spiro atoms. The molecule has 1 fully saturated rings. The number of nitrogens with one attached hydrogen (secondary N) is 1. The molecule has 4 heteroatoms. The van der Waals surface area contributed by atoms with Gasteiger partial charge >= 0.3 is 0 Å². The third-order valence-corrected chi connectivity index (χ3v) is 1.88. The molecule has 0 radical (unpaired) electrons. The van der Waals surface area contributed by atoms with Gasteiger partial charge in [0.15, 0.2) is 0 Å². The van der Waals surface area contributed by atoms with E-state index in [0.717, 1.165) is 13.1 Å². The highest BCUT2D eigenvalue weighted by Crippen LogP contribution is 2.16. The Morgan fingerprint density at radius 1 is 1.71 bits per heavy atom. The van der Waals surface area contributed by atoms with E-state index in [0.29, 0.717) is 6.10 Å². The first-order chi connectivity index (χ1) is 3.43. The molecule has 1 rings (SSSR count). The largest absolute Gasteiger partial charge is 0.311 e. The lowest BCUT2D eigenvalue weighted by Crippen LogP contribution is -2.47. The minimum atomic E-state index is 0.474. The molecule has 0 aliphatic carbocycles. The van der Waals surface area contributed by atoms with E-state index in [1.165, 1.54) is 9.21 Å². The lowest BCUT2D eigenvalue weighted by molar-refractivity contribution is 0.175. The van der Waals surface area contributed by atoms with Crippen LogP contribution < -0.4 is 5.32 Å². The maximum Gasteiger partial charge on any atom is 0.0979 e. The summed E-state index contributed by atoms with van der Waals surface area (Å²) >= 11 is 2.13. The van der Waals surface area contributed by atoms with Crippen molar-refractivity contribution in [1.29, 1.82) is 0 Å². The lowest BCUT2D eigenvalue weighted by atomic mass is 10.2. The molecule has 42 valence electrons. The minimum absolute atomic E-state index is 0.474. The van der Waals surface area contributed by atoms with Crippen LogP contribution in [0.1, 0.15) is 0 Å². The van der Waals surface area contributed by atoms with Crippen LogP contribution in [0.5, 0.6) is 0 Å². The molecule has 0 saturated carbocycles. The van der Waals surface area contributed by atoms with Crippen molar-refractivity contribution < 1.29 is 4.18 Å². The summed E-state index contributed by atoms with van der Waals surface area (Å²) in [4.78, 5) is 0. The Morgan fingerprint density at radius 3 is 2.57 bits per heavy atom. The molecular weight excluding hydrogens is 225 g/mol. The Labute approximate surface area is 59.2 Å². The molecule has 0 atom stereocenters. The molecular formula is C3H6INOS. The quantitative estimate of drug-likeness (QED) is 0.565. The molecule has 0 amide bonds. The fourth-order valence-corrected chi connectivity index (χ4v) is 1.50. The van der Waals surface area contributed by atoms with Gasteiger partial charge in [-0.05, 0) is 0 Å². The van der Waals surface area contributed by atoms with Crippen LogP contribution in [-0.4, -0.2) is 19.2 Å². The fourth-order valence-electron chi connectivity index (χ4n) is 0.382. The van der Waals surface area contributed by atoms with E-state index in [9.17, 15) is 0 Å². The van der Waals surface area contributed by atoms with Gasteiger partial charge in [0.25, 0.3) is 0 Å². The third kappa shape index (κ3) is 1.75. The van der Waals surface area contributed by atoms with Crippen molar-refractivity contribution in [2.24, 2.45) is 0 Å². The van der Waals surface area contributed by atoms with Crippen LogP contribution in [0.4, 0.5) is 0 Å². The Kier molecular flexibility index (Phi) is 2.72. The molecule has 2 nitrogen and oxygen atoms in total. The zero-order chi connectivity index (χ0) is 5.11. The van der Waals surface area contributed by atoms with Crippen molar-refractivity contribution in [2.75, 3.05) is 13.1 Å². The number of hydrogen-bond acceptors (Lipinski definition) is 3. The first-order valence-corrected chi connectivity index (χ1v) is 5.36. The average molecular weight is 231 g/mol. The lowest BCUT2D eigenvalue weighted by Gasteiger charge is -2.24. The summed E-state index contributed by atoms with van der Waals surface area (Å²) in [6, 6.07) is 0. The van der Waals surface area contributed by atoms with Crippen molar-refractivity contribution in [3.8, 4) is 0 Å². The monoisotopic (exact) mass is 231 g/mol. The van der Waals surface area contributed by atoms with Gasteiger partial charge in [-0.3, -0.25) is 4.18 Å². The maximum atomic E-state index is 5.12. The number of hydrogen-bond donors (Lipinski definition) is 1. The first-order valence-electron chi connectivity index (χ1n) is 2.08. The molecule has 0 aromatic rings. The SMILES string of the molecule is ISOC1CNC1. The van der Waals surface area contributed by atoms with Crippen LogP contribution >= 0.6 is 30.4 Å². The van der Waals surface area contributed by atoms with Gasteiger partial charge in [-0.15, -0.1) is 0 Å². The van der Waals surface area contributed by atoms with Crippen molar-refractivity contribution >= 4 is 30.4 Å². The summed E-state index contributed by atoms with van der Waals surface area (Å²) in [5, 5.41) is 3.10. The predicted molar refractivity (Wildman–Crippen MR) is 39.4 cm³/mol. The van der Waals surface area contributed by atoms with E-state index in [-0.39, 0.29) is 0 Å². The van der Waals surface area contributed by atoms with Crippen LogP contribution in [-0.2, 0) is 4.18 Å². The van der Waals surface area contributed by atoms with Gasteiger partial charge in [0.1, 0.15) is 0 Å². The topological polar surface area (TPSA) is 21.3 Å². The average Bonchev–Trinajstić information content (AvgIpc) is 1.55. The smallest absolute Gasteiger partial charge is 0.0979 e. The summed E-state index contributed by atoms with van der Waals surface area (Å²) < 4.78 is 5.12. The van der Waals surface area contributed by atoms with Gasteiger partial charge in [0.2, 0.25) is 0 Å². The summed E-state index contributed by atoms with van der Waals surface area (Å²) in [7, 11) is 1.42. The number of halogens is 1. The molecule has 7 heavy (non-hydrogen) atoms. The highest BCUT2D eigenvalue weighted by molar-refractivity contribution is 14.2. The van der Waals surface area contributed by atoms with E-state index in [2.05, 4.69) is 26.5 Å². The van der Waals surface area contributed by atoms with Crippen molar-refractivity contribution in [3.63, 3.8) is 0 Å². The van der Waals surface area contributed by atoms with Gasteiger partial charge in [-0.25, -0.2) is 0 Å². The zero-order valence-corrected chi connectivity index (χ0v) is 6.66. The second-order valence-corrected chi connectivity index (χ2v) is 2.84. The summed E-state index contributed by atoms with van der Waals surface area (Å²) in [6.07, 6.45) is 0.474. The van der Waals surface area contributed by atoms with Crippen LogP contribution in [0.2, 0.25) is 0 Å². The Bertz CT molecular complexity index is 58.9. The van der Waals surface area contributed by atoms with Crippen LogP contribution in [0.3, 0.4) is 0 Å². The molecule has 1 aliphatic rings. The van der Waals surface area contributed by atoms with Crippen molar-refractivity contribution in [2.45, 2.75) is 6.10 Å². The summed E-state index contributed by atoms with van der Waals surface area (Å²) in [5.41, 5.74) is 0. The van der Waals surface area contributed by atoms with Crippen LogP contribution in [0.25, 0.3) is 0 Å². The van der Waals surface area contributed by atoms with E-state index in [1.807, 2.05) is 0 Å². The second kappa shape index (κ2) is 3.11. The number of rotatable bonds is 2. The Hall–Kier alpha value is 1.00. The highest BCUT2D eigenvalue weighted by atomic mass is 127. The Balaban J connectivity index is 1.93. The predicted octanol–water partition coefficient (Wildman–Crippen LogP) is 0.973. The molecule has 0 unspecified atom stereocenters. The standard InChI is InChI=1S/C3H6INOS/c4-7-6-3-1-5-2-3/h3,5H,1-2H2. The van der Waals surface area contributed by atoms with E-state index < -0.39 is 0 Å². The third-order valence-electron chi connectivity index (χ3n) is 0.916. The molecule has 0 aromatic heterocycles. The van der Waals surface area contributed by atoms with E-state index in [1.54, 1.807) is 0 Å². The molecule has 1 aliphatic heterocycles. The van der Waals surface area contributed by atoms with Crippen molar-refractivity contribution in [3.05, 3.63) is 0 Å². The van der Waals surface area contributed by atoms with Gasteiger partial charge in [-0.1, -0.05) is 0 Å². The van der Waals surface area contributed by atoms with Gasteiger partial charge in [0.05, 0.1) is 15.3 Å². The normalized spacial score (nSPS) is 21.9. The van der Waals surface area contributed by atoms with Crippen LogP contribution in [0.15, 0.2) is 0 Å². The van der Waals surface area contributed by atoms with Crippen molar-refractivity contribution in [1.82, 2.24) is 5.32 Å². The summed E-state index contributed by atoms with van der Waals surface area (Å²) in [5.74, 6) is 0. The van der Waals surface area contributed by atoms with Crippen LogP contribution in [0, 0.1) is 0 Å². The fraction of sp³-hybridized carbons (Fsp3) is 1.00. The Morgan fingerprint density at radius 2 is 2.43 bits per heavy atom.